The molecule has 0 N–H and O–H groups in total. The van der Waals surface area contributed by atoms with Crippen molar-refractivity contribution in [1.29, 1.82) is 0 Å². The van der Waals surface area contributed by atoms with Crippen LogP contribution in [0.25, 0.3) is 0 Å². The molecule has 1 aliphatic carbocycles. The molecule has 1 aliphatic heterocycles. The van der Waals surface area contributed by atoms with Crippen molar-refractivity contribution < 1.29 is 9.53 Å². The summed E-state index contributed by atoms with van der Waals surface area (Å²) in [6.45, 7) is 1.91. The van der Waals surface area contributed by atoms with Crippen LogP contribution in [0.5, 0.6) is 0 Å². The zero-order valence-corrected chi connectivity index (χ0v) is 6.01. The summed E-state index contributed by atoms with van der Waals surface area (Å²) < 4.78 is 5.12. The molecular weight excluding hydrogens is 128 g/mol. The summed E-state index contributed by atoms with van der Waals surface area (Å²) in [6, 6.07) is 0. The maximum atomic E-state index is 10.0. The average Bonchev–Trinajstić information content (AvgIpc) is 2.56. The highest BCUT2D eigenvalue weighted by Gasteiger charge is 2.58. The lowest BCUT2D eigenvalue weighted by Crippen LogP contribution is -2.31. The van der Waals surface area contributed by atoms with Crippen molar-refractivity contribution in [1.82, 2.24) is 0 Å². The molecular formula is C8H12O2. The first-order valence-electron chi connectivity index (χ1n) is 3.89. The van der Waals surface area contributed by atoms with Crippen LogP contribution in [0.2, 0.25) is 0 Å². The molecule has 0 aromatic carbocycles. The van der Waals surface area contributed by atoms with Crippen molar-refractivity contribution >= 4 is 6.29 Å². The van der Waals surface area contributed by atoms with Gasteiger partial charge in [0, 0.05) is 11.8 Å². The van der Waals surface area contributed by atoms with E-state index in [9.17, 15) is 4.79 Å². The summed E-state index contributed by atoms with van der Waals surface area (Å²) in [5.41, 5.74) is 0.559. The summed E-state index contributed by atoms with van der Waals surface area (Å²) >= 11 is 0. The summed E-state index contributed by atoms with van der Waals surface area (Å²) in [4.78, 5) is 10.0. The molecule has 1 atom stereocenters. The van der Waals surface area contributed by atoms with Gasteiger partial charge >= 0.3 is 0 Å². The maximum absolute atomic E-state index is 10.0. The molecule has 1 saturated carbocycles. The number of hydrogen-bond donors (Lipinski definition) is 0. The van der Waals surface area contributed by atoms with Crippen molar-refractivity contribution in [3.05, 3.63) is 0 Å². The van der Waals surface area contributed by atoms with E-state index in [1.807, 2.05) is 0 Å². The van der Waals surface area contributed by atoms with E-state index in [4.69, 9.17) is 4.74 Å². The number of ether oxygens (including phenoxy) is 1. The van der Waals surface area contributed by atoms with Gasteiger partial charge in [0.1, 0.15) is 6.29 Å². The minimum absolute atomic E-state index is 0.559. The van der Waals surface area contributed by atoms with Crippen LogP contribution in [-0.2, 0) is 9.53 Å². The van der Waals surface area contributed by atoms with Gasteiger partial charge in [-0.2, -0.15) is 0 Å². The van der Waals surface area contributed by atoms with Gasteiger partial charge in [-0.15, -0.1) is 0 Å². The normalized spacial score (nSPS) is 33.4. The molecule has 0 radical (unpaired) electrons. The van der Waals surface area contributed by atoms with Crippen LogP contribution in [0.3, 0.4) is 0 Å². The van der Waals surface area contributed by atoms with Crippen LogP contribution in [-0.4, -0.2) is 19.5 Å². The second-order valence-electron chi connectivity index (χ2n) is 3.50. The van der Waals surface area contributed by atoms with Crippen molar-refractivity contribution in [3.8, 4) is 0 Å². The van der Waals surface area contributed by atoms with Gasteiger partial charge in [-0.25, -0.2) is 0 Å². The molecule has 56 valence electrons. The van der Waals surface area contributed by atoms with E-state index in [0.29, 0.717) is 5.41 Å². The first kappa shape index (κ1) is 6.35. The number of hydrogen-bond acceptors (Lipinski definition) is 2. The fourth-order valence-corrected chi connectivity index (χ4v) is 1.83. The van der Waals surface area contributed by atoms with Gasteiger partial charge in [-0.1, -0.05) is 0 Å². The summed E-state index contributed by atoms with van der Waals surface area (Å²) in [5.74, 6) is 0.812. The molecule has 2 nitrogen and oxygen atoms in total. The van der Waals surface area contributed by atoms with Crippen molar-refractivity contribution in [3.63, 3.8) is 0 Å². The van der Waals surface area contributed by atoms with Crippen LogP contribution in [0.1, 0.15) is 19.3 Å². The third kappa shape index (κ3) is 0.788. The molecule has 2 rings (SSSR count). The highest BCUT2D eigenvalue weighted by molar-refractivity contribution is 5.49. The van der Waals surface area contributed by atoms with Crippen LogP contribution in [0.15, 0.2) is 0 Å². The number of carbonyl (C=O) groups is 1. The van der Waals surface area contributed by atoms with Crippen LogP contribution >= 0.6 is 0 Å². The Hall–Kier alpha value is -0.370. The highest BCUT2D eigenvalue weighted by atomic mass is 16.5. The molecule has 1 saturated heterocycles. The lowest BCUT2D eigenvalue weighted by molar-refractivity contribution is -0.108. The SMILES string of the molecule is O=CCCC1CC12COC2. The minimum atomic E-state index is 0.559. The smallest absolute Gasteiger partial charge is 0.120 e. The van der Waals surface area contributed by atoms with Gasteiger partial charge in [0.25, 0.3) is 0 Å². The van der Waals surface area contributed by atoms with Crippen LogP contribution < -0.4 is 0 Å². The zero-order chi connectivity index (χ0) is 7.03. The molecule has 0 bridgehead atoms. The third-order valence-corrected chi connectivity index (χ3v) is 2.77. The lowest BCUT2D eigenvalue weighted by Gasteiger charge is -2.27. The Morgan fingerprint density at radius 1 is 1.60 bits per heavy atom. The Morgan fingerprint density at radius 3 is 2.80 bits per heavy atom. The van der Waals surface area contributed by atoms with E-state index in [2.05, 4.69) is 0 Å². The van der Waals surface area contributed by atoms with Crippen molar-refractivity contribution in [2.24, 2.45) is 11.3 Å². The molecule has 1 spiro atoms. The molecule has 2 aliphatic rings. The quantitative estimate of drug-likeness (QED) is 0.547. The van der Waals surface area contributed by atoms with E-state index in [0.717, 1.165) is 38.3 Å². The molecule has 0 aromatic rings. The standard InChI is InChI=1S/C8H12O2/c9-3-1-2-7-4-8(7)5-10-6-8/h3,7H,1-2,4-6H2. The second kappa shape index (κ2) is 2.06. The topological polar surface area (TPSA) is 26.3 Å². The predicted molar refractivity (Wildman–Crippen MR) is 36.7 cm³/mol. The first-order chi connectivity index (χ1) is 4.87. The summed E-state index contributed by atoms with van der Waals surface area (Å²) in [7, 11) is 0. The maximum Gasteiger partial charge on any atom is 0.120 e. The van der Waals surface area contributed by atoms with Crippen LogP contribution in [0.4, 0.5) is 0 Å². The van der Waals surface area contributed by atoms with Crippen molar-refractivity contribution in [2.45, 2.75) is 19.3 Å². The van der Waals surface area contributed by atoms with Gasteiger partial charge in [0.2, 0.25) is 0 Å². The van der Waals surface area contributed by atoms with Crippen molar-refractivity contribution in [2.75, 3.05) is 13.2 Å². The van der Waals surface area contributed by atoms with Gasteiger partial charge in [0.15, 0.2) is 0 Å². The molecule has 0 amide bonds. The van der Waals surface area contributed by atoms with E-state index in [-0.39, 0.29) is 0 Å². The predicted octanol–water partition coefficient (Wildman–Crippen LogP) is 1.00. The van der Waals surface area contributed by atoms with E-state index in [1.54, 1.807) is 0 Å². The summed E-state index contributed by atoms with van der Waals surface area (Å²) in [6.07, 6.45) is 4.16. The third-order valence-electron chi connectivity index (χ3n) is 2.77. The Balaban J connectivity index is 1.73. The van der Waals surface area contributed by atoms with E-state index in [1.165, 1.54) is 6.42 Å². The highest BCUT2D eigenvalue weighted by Crippen LogP contribution is 2.59. The molecule has 0 aromatic heterocycles. The Bertz CT molecular complexity index is 149. The van der Waals surface area contributed by atoms with Gasteiger partial charge in [0.05, 0.1) is 13.2 Å². The Labute approximate surface area is 60.6 Å². The van der Waals surface area contributed by atoms with Gasteiger partial charge in [-0.3, -0.25) is 0 Å². The molecule has 2 heteroatoms. The zero-order valence-electron chi connectivity index (χ0n) is 6.01. The number of aldehydes is 1. The molecule has 1 heterocycles. The minimum Gasteiger partial charge on any atom is -0.380 e. The largest absolute Gasteiger partial charge is 0.380 e. The van der Waals surface area contributed by atoms with Gasteiger partial charge < -0.3 is 9.53 Å². The van der Waals surface area contributed by atoms with Crippen LogP contribution in [0, 0.1) is 11.3 Å². The number of rotatable bonds is 3. The molecule has 1 unspecified atom stereocenters. The Kier molecular flexibility index (Phi) is 1.31. The first-order valence-corrected chi connectivity index (χ1v) is 3.89. The fraction of sp³-hybridized carbons (Fsp3) is 0.875. The molecule has 10 heavy (non-hydrogen) atoms. The second-order valence-corrected chi connectivity index (χ2v) is 3.50. The van der Waals surface area contributed by atoms with Gasteiger partial charge in [-0.05, 0) is 18.8 Å². The van der Waals surface area contributed by atoms with E-state index >= 15 is 0 Å². The average molecular weight is 140 g/mol. The monoisotopic (exact) mass is 140 g/mol. The molecule has 2 fully saturated rings. The lowest BCUT2D eigenvalue weighted by atomic mass is 10.00. The fourth-order valence-electron chi connectivity index (χ4n) is 1.83. The number of carbonyl (C=O) groups excluding carboxylic acids is 1. The summed E-state index contributed by atoms with van der Waals surface area (Å²) in [5, 5.41) is 0. The Morgan fingerprint density at radius 2 is 2.40 bits per heavy atom. The van der Waals surface area contributed by atoms with E-state index < -0.39 is 0 Å².